The number of benzene rings is 2. The first kappa shape index (κ1) is 14.1. The van der Waals surface area contributed by atoms with E-state index in [4.69, 9.17) is 11.6 Å². The Bertz CT molecular complexity index is 741. The first-order chi connectivity index (χ1) is 10.2. The van der Waals surface area contributed by atoms with E-state index in [1.165, 1.54) is 5.56 Å². The molecule has 2 nitrogen and oxygen atoms in total. The van der Waals surface area contributed by atoms with Gasteiger partial charge in [0.15, 0.2) is 0 Å². The molecular formula is C18H17ClN2. The fourth-order valence-corrected chi connectivity index (χ4v) is 2.69. The van der Waals surface area contributed by atoms with Crippen molar-refractivity contribution in [3.63, 3.8) is 0 Å². The van der Waals surface area contributed by atoms with Crippen molar-refractivity contribution >= 4 is 22.5 Å². The molecule has 0 aliphatic heterocycles. The highest BCUT2D eigenvalue weighted by atomic mass is 35.5. The molecule has 21 heavy (non-hydrogen) atoms. The van der Waals surface area contributed by atoms with Crippen molar-refractivity contribution < 1.29 is 0 Å². The van der Waals surface area contributed by atoms with Gasteiger partial charge in [-0.05, 0) is 24.7 Å². The third-order valence-corrected chi connectivity index (χ3v) is 3.81. The topological polar surface area (TPSA) is 16.1 Å². The van der Waals surface area contributed by atoms with Crippen molar-refractivity contribution in [1.82, 2.24) is 9.88 Å². The van der Waals surface area contributed by atoms with Crippen LogP contribution in [0.1, 0.15) is 11.1 Å². The van der Waals surface area contributed by atoms with Gasteiger partial charge in [0.05, 0.1) is 5.52 Å². The van der Waals surface area contributed by atoms with Gasteiger partial charge < -0.3 is 0 Å². The Morgan fingerprint density at radius 1 is 0.952 bits per heavy atom. The van der Waals surface area contributed by atoms with Crippen molar-refractivity contribution in [3.8, 4) is 0 Å². The standard InChI is InChI=1S/C18H17ClN2/c1-21(12-14-7-3-2-4-8-14)13-16-11-15-9-5-6-10-17(15)20-18(16)19/h2-11H,12-13H2,1H3. The summed E-state index contributed by atoms with van der Waals surface area (Å²) in [6.07, 6.45) is 0. The van der Waals surface area contributed by atoms with E-state index in [9.17, 15) is 0 Å². The van der Waals surface area contributed by atoms with Gasteiger partial charge in [0.2, 0.25) is 0 Å². The summed E-state index contributed by atoms with van der Waals surface area (Å²) in [5.41, 5.74) is 3.30. The summed E-state index contributed by atoms with van der Waals surface area (Å²) in [4.78, 5) is 6.72. The molecule has 1 heterocycles. The van der Waals surface area contributed by atoms with Gasteiger partial charge in [-0.1, -0.05) is 60.1 Å². The maximum atomic E-state index is 6.31. The van der Waals surface area contributed by atoms with Crippen molar-refractivity contribution in [2.75, 3.05) is 7.05 Å². The van der Waals surface area contributed by atoms with Crippen LogP contribution in [0.4, 0.5) is 0 Å². The Morgan fingerprint density at radius 3 is 2.48 bits per heavy atom. The highest BCUT2D eigenvalue weighted by molar-refractivity contribution is 6.30. The number of hydrogen-bond acceptors (Lipinski definition) is 2. The van der Waals surface area contributed by atoms with E-state index in [1.54, 1.807) is 0 Å². The second kappa shape index (κ2) is 6.25. The summed E-state index contributed by atoms with van der Waals surface area (Å²) in [6, 6.07) is 20.6. The Labute approximate surface area is 130 Å². The number of para-hydroxylation sites is 1. The number of aromatic nitrogens is 1. The summed E-state index contributed by atoms with van der Waals surface area (Å²) < 4.78 is 0. The minimum atomic E-state index is 0.591. The summed E-state index contributed by atoms with van der Waals surface area (Å²) in [6.45, 7) is 1.68. The number of pyridine rings is 1. The number of halogens is 1. The second-order valence-electron chi connectivity index (χ2n) is 5.29. The molecule has 3 rings (SSSR count). The molecule has 3 heteroatoms. The minimum absolute atomic E-state index is 0.591. The predicted molar refractivity (Wildman–Crippen MR) is 88.4 cm³/mol. The van der Waals surface area contributed by atoms with E-state index in [1.807, 2.05) is 24.3 Å². The second-order valence-corrected chi connectivity index (χ2v) is 5.65. The van der Waals surface area contributed by atoms with Gasteiger partial charge in [-0.15, -0.1) is 0 Å². The van der Waals surface area contributed by atoms with Crippen molar-refractivity contribution in [1.29, 1.82) is 0 Å². The van der Waals surface area contributed by atoms with Crippen LogP contribution in [0.5, 0.6) is 0 Å². The molecular weight excluding hydrogens is 280 g/mol. The summed E-state index contributed by atoms with van der Waals surface area (Å²) in [5, 5.41) is 1.72. The normalized spacial score (nSPS) is 11.2. The molecule has 0 spiro atoms. The van der Waals surface area contributed by atoms with E-state index >= 15 is 0 Å². The molecule has 106 valence electrons. The minimum Gasteiger partial charge on any atom is -0.298 e. The SMILES string of the molecule is CN(Cc1ccccc1)Cc1cc2ccccc2nc1Cl. The Kier molecular flexibility index (Phi) is 4.18. The fourth-order valence-electron chi connectivity index (χ4n) is 2.49. The number of nitrogens with zero attached hydrogens (tertiary/aromatic N) is 2. The molecule has 0 saturated carbocycles. The van der Waals surface area contributed by atoms with Gasteiger partial charge in [-0.2, -0.15) is 0 Å². The number of rotatable bonds is 4. The lowest BCUT2D eigenvalue weighted by Gasteiger charge is -2.17. The molecule has 0 N–H and O–H groups in total. The first-order valence-electron chi connectivity index (χ1n) is 6.99. The molecule has 0 radical (unpaired) electrons. The van der Waals surface area contributed by atoms with Crippen LogP contribution in [-0.2, 0) is 13.1 Å². The van der Waals surface area contributed by atoms with E-state index in [2.05, 4.69) is 53.3 Å². The van der Waals surface area contributed by atoms with E-state index in [0.29, 0.717) is 5.15 Å². The number of fused-ring (bicyclic) bond motifs is 1. The monoisotopic (exact) mass is 296 g/mol. The molecule has 0 saturated heterocycles. The molecule has 0 fully saturated rings. The molecule has 0 atom stereocenters. The third kappa shape index (κ3) is 3.41. The molecule has 2 aromatic carbocycles. The zero-order valence-electron chi connectivity index (χ0n) is 12.0. The van der Waals surface area contributed by atoms with Crippen LogP contribution in [0.15, 0.2) is 60.7 Å². The Hall–Kier alpha value is -1.90. The van der Waals surface area contributed by atoms with Crippen LogP contribution in [0.2, 0.25) is 5.15 Å². The lowest BCUT2D eigenvalue weighted by molar-refractivity contribution is 0.319. The lowest BCUT2D eigenvalue weighted by atomic mass is 10.1. The van der Waals surface area contributed by atoms with Gasteiger partial charge in [0.1, 0.15) is 5.15 Å². The van der Waals surface area contributed by atoms with Crippen LogP contribution in [0, 0.1) is 0 Å². The van der Waals surface area contributed by atoms with Crippen LogP contribution in [0.3, 0.4) is 0 Å². The smallest absolute Gasteiger partial charge is 0.134 e. The Balaban J connectivity index is 1.79. The van der Waals surface area contributed by atoms with Gasteiger partial charge in [-0.3, -0.25) is 4.90 Å². The number of hydrogen-bond donors (Lipinski definition) is 0. The van der Waals surface area contributed by atoms with Crippen LogP contribution >= 0.6 is 11.6 Å². The lowest BCUT2D eigenvalue weighted by Crippen LogP contribution is -2.17. The quantitative estimate of drug-likeness (QED) is 0.658. The largest absolute Gasteiger partial charge is 0.298 e. The van der Waals surface area contributed by atoms with E-state index in [0.717, 1.165) is 29.6 Å². The average Bonchev–Trinajstić information content (AvgIpc) is 2.49. The molecule has 0 amide bonds. The maximum absolute atomic E-state index is 6.31. The fraction of sp³-hybridized carbons (Fsp3) is 0.167. The highest BCUT2D eigenvalue weighted by Crippen LogP contribution is 2.22. The third-order valence-electron chi connectivity index (χ3n) is 3.49. The van der Waals surface area contributed by atoms with Crippen LogP contribution in [-0.4, -0.2) is 16.9 Å². The zero-order chi connectivity index (χ0) is 14.7. The maximum Gasteiger partial charge on any atom is 0.134 e. The van der Waals surface area contributed by atoms with E-state index in [-0.39, 0.29) is 0 Å². The van der Waals surface area contributed by atoms with Gasteiger partial charge in [0.25, 0.3) is 0 Å². The summed E-state index contributed by atoms with van der Waals surface area (Å²) in [5.74, 6) is 0. The van der Waals surface area contributed by atoms with Crippen molar-refractivity contribution in [2.24, 2.45) is 0 Å². The highest BCUT2D eigenvalue weighted by Gasteiger charge is 2.08. The zero-order valence-corrected chi connectivity index (χ0v) is 12.7. The molecule has 0 bridgehead atoms. The molecule has 3 aromatic rings. The Morgan fingerprint density at radius 2 is 1.67 bits per heavy atom. The molecule has 0 aliphatic carbocycles. The van der Waals surface area contributed by atoms with Crippen LogP contribution in [0.25, 0.3) is 10.9 Å². The van der Waals surface area contributed by atoms with Gasteiger partial charge >= 0.3 is 0 Å². The van der Waals surface area contributed by atoms with Gasteiger partial charge in [0, 0.05) is 24.0 Å². The summed E-state index contributed by atoms with van der Waals surface area (Å²) in [7, 11) is 2.10. The molecule has 0 unspecified atom stereocenters. The first-order valence-corrected chi connectivity index (χ1v) is 7.37. The van der Waals surface area contributed by atoms with Crippen molar-refractivity contribution in [2.45, 2.75) is 13.1 Å². The van der Waals surface area contributed by atoms with Crippen molar-refractivity contribution in [3.05, 3.63) is 76.9 Å². The molecule has 0 aliphatic rings. The predicted octanol–water partition coefficient (Wildman–Crippen LogP) is 4.52. The van der Waals surface area contributed by atoms with Crippen LogP contribution < -0.4 is 0 Å². The average molecular weight is 297 g/mol. The summed E-state index contributed by atoms with van der Waals surface area (Å²) >= 11 is 6.31. The molecule has 1 aromatic heterocycles. The van der Waals surface area contributed by atoms with Gasteiger partial charge in [-0.25, -0.2) is 4.98 Å². The van der Waals surface area contributed by atoms with E-state index < -0.39 is 0 Å².